The van der Waals surface area contributed by atoms with Gasteiger partial charge in [-0.3, -0.25) is 4.79 Å². The molecule has 0 saturated carbocycles. The molecule has 2 rings (SSSR count). The fourth-order valence-corrected chi connectivity index (χ4v) is 2.37. The Morgan fingerprint density at radius 1 is 1.24 bits per heavy atom. The zero-order valence-corrected chi connectivity index (χ0v) is 12.3. The fourth-order valence-electron chi connectivity index (χ4n) is 2.37. The fraction of sp³-hybridized carbons (Fsp3) is 0.562. The van der Waals surface area contributed by atoms with Gasteiger partial charge in [-0.25, -0.2) is 0 Å². The van der Waals surface area contributed by atoms with E-state index in [1.807, 2.05) is 35.2 Å². The third kappa shape index (κ3) is 5.73. The molecule has 1 saturated heterocycles. The molecule has 21 heavy (non-hydrogen) atoms. The van der Waals surface area contributed by atoms with Gasteiger partial charge in [-0.15, -0.1) is 0 Å². The number of nitrogens with zero attached hydrogens (tertiary/aromatic N) is 1. The number of carbonyl (C=O) groups excluding carboxylic acids is 1. The highest BCUT2D eigenvalue weighted by molar-refractivity contribution is 5.78. The number of carbonyl (C=O) groups is 1. The maximum absolute atomic E-state index is 11.9. The molecular formula is C16H24N2O3. The first-order valence-corrected chi connectivity index (χ1v) is 7.60. The van der Waals surface area contributed by atoms with Crippen LogP contribution >= 0.6 is 0 Å². The van der Waals surface area contributed by atoms with Crippen molar-refractivity contribution in [3.05, 3.63) is 30.3 Å². The van der Waals surface area contributed by atoms with Gasteiger partial charge in [0.05, 0.1) is 6.54 Å². The van der Waals surface area contributed by atoms with Crippen molar-refractivity contribution in [2.24, 2.45) is 0 Å². The summed E-state index contributed by atoms with van der Waals surface area (Å²) in [7, 11) is 0. The third-order valence-electron chi connectivity index (χ3n) is 3.55. The van der Waals surface area contributed by atoms with E-state index in [1.54, 1.807) is 0 Å². The first-order valence-electron chi connectivity index (χ1n) is 7.60. The molecule has 1 heterocycles. The monoisotopic (exact) mass is 292 g/mol. The highest BCUT2D eigenvalue weighted by atomic mass is 16.5. The number of amides is 1. The lowest BCUT2D eigenvalue weighted by Crippen LogP contribution is -2.43. The summed E-state index contributed by atoms with van der Waals surface area (Å²) in [6, 6.07) is 9.38. The number of benzene rings is 1. The third-order valence-corrected chi connectivity index (χ3v) is 3.55. The van der Waals surface area contributed by atoms with Crippen LogP contribution in [0.25, 0.3) is 0 Å². The highest BCUT2D eigenvalue weighted by Crippen LogP contribution is 2.09. The number of hydrogen-bond acceptors (Lipinski definition) is 4. The number of ether oxygens (including phenoxy) is 1. The molecule has 5 nitrogen and oxygen atoms in total. The molecule has 1 aromatic rings. The molecule has 0 radical (unpaired) electrons. The summed E-state index contributed by atoms with van der Waals surface area (Å²) >= 11 is 0. The van der Waals surface area contributed by atoms with Gasteiger partial charge in [0.2, 0.25) is 5.91 Å². The van der Waals surface area contributed by atoms with Crippen molar-refractivity contribution in [2.75, 3.05) is 32.8 Å². The Bertz CT molecular complexity index is 419. The standard InChI is InChI=1S/C16H24N2O3/c19-14(13-21-15-7-3-1-4-8-15)11-17-12-16(20)18-9-5-2-6-10-18/h1,3-4,7-8,14,17,19H,2,5-6,9-13H2. The molecule has 1 fully saturated rings. The van der Waals surface area contributed by atoms with Crippen molar-refractivity contribution in [1.29, 1.82) is 0 Å². The molecule has 1 atom stereocenters. The summed E-state index contributed by atoms with van der Waals surface area (Å²) in [5, 5.41) is 12.8. The lowest BCUT2D eigenvalue weighted by Gasteiger charge is -2.27. The second-order valence-electron chi connectivity index (χ2n) is 5.35. The summed E-state index contributed by atoms with van der Waals surface area (Å²) in [5.74, 6) is 0.854. The van der Waals surface area contributed by atoms with Crippen LogP contribution in [0.15, 0.2) is 30.3 Å². The minimum atomic E-state index is -0.626. The van der Waals surface area contributed by atoms with Gasteiger partial charge in [-0.1, -0.05) is 18.2 Å². The number of aliphatic hydroxyl groups excluding tert-OH is 1. The van der Waals surface area contributed by atoms with Crippen molar-refractivity contribution < 1.29 is 14.6 Å². The van der Waals surface area contributed by atoms with Crippen LogP contribution in [0.3, 0.4) is 0 Å². The topological polar surface area (TPSA) is 61.8 Å². The Hall–Kier alpha value is -1.59. The normalized spacial score (nSPS) is 16.5. The molecule has 1 aliphatic heterocycles. The summed E-state index contributed by atoms with van der Waals surface area (Å²) in [4.78, 5) is 13.8. The molecule has 1 aromatic carbocycles. The van der Waals surface area contributed by atoms with Gasteiger partial charge in [0.1, 0.15) is 18.5 Å². The molecular weight excluding hydrogens is 268 g/mol. The second-order valence-corrected chi connectivity index (χ2v) is 5.35. The maximum Gasteiger partial charge on any atom is 0.236 e. The van der Waals surface area contributed by atoms with Gasteiger partial charge in [-0.2, -0.15) is 0 Å². The minimum absolute atomic E-state index is 0.117. The average Bonchev–Trinajstić information content (AvgIpc) is 2.54. The summed E-state index contributed by atoms with van der Waals surface area (Å²) in [6.07, 6.45) is 2.78. The summed E-state index contributed by atoms with van der Waals surface area (Å²) in [5.41, 5.74) is 0. The minimum Gasteiger partial charge on any atom is -0.491 e. The van der Waals surface area contributed by atoms with Gasteiger partial charge < -0.3 is 20.1 Å². The van der Waals surface area contributed by atoms with E-state index in [0.717, 1.165) is 31.7 Å². The largest absolute Gasteiger partial charge is 0.491 e. The first kappa shape index (κ1) is 15.8. The average molecular weight is 292 g/mol. The molecule has 2 N–H and O–H groups in total. The van der Waals surface area contributed by atoms with E-state index in [1.165, 1.54) is 6.42 Å². The molecule has 1 unspecified atom stereocenters. The van der Waals surface area contributed by atoms with E-state index in [0.29, 0.717) is 6.54 Å². The Labute approximate surface area is 125 Å². The van der Waals surface area contributed by atoms with E-state index in [9.17, 15) is 9.90 Å². The van der Waals surface area contributed by atoms with Crippen molar-refractivity contribution in [2.45, 2.75) is 25.4 Å². The SMILES string of the molecule is O=C(CNCC(O)COc1ccccc1)N1CCCCC1. The zero-order chi connectivity index (χ0) is 14.9. The predicted octanol–water partition coefficient (Wildman–Crippen LogP) is 1.03. The van der Waals surface area contributed by atoms with Gasteiger partial charge in [0.25, 0.3) is 0 Å². The summed E-state index contributed by atoms with van der Waals surface area (Å²) in [6.45, 7) is 2.57. The second kappa shape index (κ2) is 8.64. The molecule has 0 spiro atoms. The van der Waals surface area contributed by atoms with E-state index in [-0.39, 0.29) is 19.1 Å². The number of rotatable bonds is 7. The van der Waals surface area contributed by atoms with E-state index < -0.39 is 6.10 Å². The number of hydrogen-bond donors (Lipinski definition) is 2. The van der Waals surface area contributed by atoms with Crippen LogP contribution in [0, 0.1) is 0 Å². The van der Waals surface area contributed by atoms with Crippen molar-refractivity contribution in [1.82, 2.24) is 10.2 Å². The Balaban J connectivity index is 1.58. The number of para-hydroxylation sites is 1. The lowest BCUT2D eigenvalue weighted by atomic mass is 10.1. The van der Waals surface area contributed by atoms with Gasteiger partial charge in [0.15, 0.2) is 0 Å². The highest BCUT2D eigenvalue weighted by Gasteiger charge is 2.16. The molecule has 0 aromatic heterocycles. The number of nitrogens with one attached hydrogen (secondary N) is 1. The van der Waals surface area contributed by atoms with Crippen LogP contribution in [-0.4, -0.2) is 54.8 Å². The van der Waals surface area contributed by atoms with Crippen LogP contribution < -0.4 is 10.1 Å². The zero-order valence-electron chi connectivity index (χ0n) is 12.3. The Morgan fingerprint density at radius 2 is 1.95 bits per heavy atom. The quantitative estimate of drug-likeness (QED) is 0.788. The van der Waals surface area contributed by atoms with Crippen molar-refractivity contribution in [3.63, 3.8) is 0 Å². The maximum atomic E-state index is 11.9. The van der Waals surface area contributed by atoms with Crippen LogP contribution in [0.4, 0.5) is 0 Å². The van der Waals surface area contributed by atoms with Gasteiger partial charge in [-0.05, 0) is 31.4 Å². The molecule has 1 amide bonds. The Morgan fingerprint density at radius 3 is 2.67 bits per heavy atom. The Kier molecular flexibility index (Phi) is 6.50. The molecule has 0 bridgehead atoms. The van der Waals surface area contributed by atoms with E-state index in [4.69, 9.17) is 4.74 Å². The summed E-state index contributed by atoms with van der Waals surface area (Å²) < 4.78 is 5.46. The first-order chi connectivity index (χ1) is 10.3. The number of likely N-dealkylation sites (tertiary alicyclic amines) is 1. The van der Waals surface area contributed by atoms with E-state index in [2.05, 4.69) is 5.32 Å². The van der Waals surface area contributed by atoms with Crippen LogP contribution in [0.2, 0.25) is 0 Å². The molecule has 1 aliphatic rings. The van der Waals surface area contributed by atoms with Crippen molar-refractivity contribution >= 4 is 5.91 Å². The smallest absolute Gasteiger partial charge is 0.236 e. The molecule has 5 heteroatoms. The predicted molar refractivity (Wildman–Crippen MR) is 81.2 cm³/mol. The number of piperidine rings is 1. The van der Waals surface area contributed by atoms with Gasteiger partial charge >= 0.3 is 0 Å². The lowest BCUT2D eigenvalue weighted by molar-refractivity contribution is -0.131. The van der Waals surface area contributed by atoms with Crippen LogP contribution in [0.5, 0.6) is 5.75 Å². The van der Waals surface area contributed by atoms with Crippen molar-refractivity contribution in [3.8, 4) is 5.75 Å². The number of aliphatic hydroxyl groups is 1. The van der Waals surface area contributed by atoms with Gasteiger partial charge in [0, 0.05) is 19.6 Å². The molecule has 116 valence electrons. The molecule has 0 aliphatic carbocycles. The van der Waals surface area contributed by atoms with Crippen LogP contribution in [0.1, 0.15) is 19.3 Å². The van der Waals surface area contributed by atoms with Crippen LogP contribution in [-0.2, 0) is 4.79 Å². The van der Waals surface area contributed by atoms with E-state index >= 15 is 0 Å².